The molecular weight excluding hydrogens is 364 g/mol. The molecule has 0 radical (unpaired) electrons. The summed E-state index contributed by atoms with van der Waals surface area (Å²) >= 11 is 6.14. The monoisotopic (exact) mass is 392 g/mol. The number of carbonyl (C=O) groups excluding carboxylic acids is 2. The summed E-state index contributed by atoms with van der Waals surface area (Å²) in [6, 6.07) is 5.81. The van der Waals surface area contributed by atoms with Crippen LogP contribution in [-0.2, 0) is 16.0 Å². The number of halogens is 1. The van der Waals surface area contributed by atoms with E-state index in [-0.39, 0.29) is 17.9 Å². The molecule has 0 atom stereocenters. The van der Waals surface area contributed by atoms with Gasteiger partial charge in [0.05, 0.1) is 0 Å². The fraction of sp³-hybridized carbons (Fsp3) is 0.619. The lowest BCUT2D eigenvalue weighted by atomic mass is 9.95. The first kappa shape index (κ1) is 20.0. The summed E-state index contributed by atoms with van der Waals surface area (Å²) in [5, 5.41) is 0.716. The number of piperidine rings is 1. The van der Waals surface area contributed by atoms with Gasteiger partial charge in [-0.1, -0.05) is 11.6 Å². The number of fused-ring (bicyclic) bond motifs is 1. The van der Waals surface area contributed by atoms with Crippen LogP contribution in [0.3, 0.4) is 0 Å². The van der Waals surface area contributed by atoms with Crippen molar-refractivity contribution in [1.82, 2.24) is 4.90 Å². The largest absolute Gasteiger partial charge is 0.444 e. The highest BCUT2D eigenvalue weighted by atomic mass is 35.5. The Hall–Kier alpha value is -1.75. The number of aryl methyl sites for hydroxylation is 1. The second-order valence-electron chi connectivity index (χ2n) is 8.46. The fourth-order valence-electron chi connectivity index (χ4n) is 3.81. The first-order chi connectivity index (χ1) is 12.7. The number of amides is 2. The zero-order chi connectivity index (χ0) is 19.6. The number of likely N-dealkylation sites (tertiary alicyclic amines) is 1. The van der Waals surface area contributed by atoms with Crippen molar-refractivity contribution in [2.75, 3.05) is 24.5 Å². The van der Waals surface area contributed by atoms with E-state index >= 15 is 0 Å². The van der Waals surface area contributed by atoms with Crippen molar-refractivity contribution in [2.24, 2.45) is 5.92 Å². The Morgan fingerprint density at radius 1 is 1.11 bits per heavy atom. The zero-order valence-electron chi connectivity index (χ0n) is 16.5. The predicted octanol–water partition coefficient (Wildman–Crippen LogP) is 4.66. The molecule has 2 amide bonds. The first-order valence-corrected chi connectivity index (χ1v) is 10.2. The Kier molecular flexibility index (Phi) is 5.99. The maximum atomic E-state index is 13.2. The Morgan fingerprint density at radius 3 is 2.48 bits per heavy atom. The van der Waals surface area contributed by atoms with E-state index in [1.54, 1.807) is 4.90 Å². The van der Waals surface area contributed by atoms with Gasteiger partial charge in [-0.05, 0) is 76.6 Å². The van der Waals surface area contributed by atoms with Gasteiger partial charge in [0.2, 0.25) is 5.91 Å². The zero-order valence-corrected chi connectivity index (χ0v) is 17.2. The van der Waals surface area contributed by atoms with Gasteiger partial charge < -0.3 is 14.5 Å². The van der Waals surface area contributed by atoms with E-state index in [4.69, 9.17) is 16.3 Å². The maximum absolute atomic E-state index is 13.2. The Bertz CT molecular complexity index is 706. The third-order valence-electron chi connectivity index (χ3n) is 5.17. The van der Waals surface area contributed by atoms with Gasteiger partial charge >= 0.3 is 6.09 Å². The van der Waals surface area contributed by atoms with Gasteiger partial charge in [0.1, 0.15) is 5.60 Å². The van der Waals surface area contributed by atoms with Crippen molar-refractivity contribution in [3.8, 4) is 0 Å². The average Bonchev–Trinajstić information content (AvgIpc) is 2.81. The molecule has 3 rings (SSSR count). The van der Waals surface area contributed by atoms with Crippen molar-refractivity contribution < 1.29 is 14.3 Å². The lowest BCUT2D eigenvalue weighted by molar-refractivity contribution is -0.123. The Labute approximate surface area is 166 Å². The van der Waals surface area contributed by atoms with Crippen LogP contribution < -0.4 is 4.90 Å². The van der Waals surface area contributed by atoms with Crippen molar-refractivity contribution >= 4 is 29.3 Å². The minimum Gasteiger partial charge on any atom is -0.444 e. The molecule has 0 spiro atoms. The quantitative estimate of drug-likeness (QED) is 0.698. The number of ether oxygens (including phenoxy) is 1. The van der Waals surface area contributed by atoms with Crippen molar-refractivity contribution in [3.05, 3.63) is 28.8 Å². The topological polar surface area (TPSA) is 49.9 Å². The third kappa shape index (κ3) is 4.95. The highest BCUT2D eigenvalue weighted by Crippen LogP contribution is 2.32. The summed E-state index contributed by atoms with van der Waals surface area (Å²) in [5.74, 6) is 0.120. The summed E-state index contributed by atoms with van der Waals surface area (Å²) in [6.45, 7) is 7.47. The number of benzene rings is 1. The molecule has 1 aromatic carbocycles. The van der Waals surface area contributed by atoms with Crippen molar-refractivity contribution in [1.29, 1.82) is 0 Å². The summed E-state index contributed by atoms with van der Waals surface area (Å²) in [7, 11) is 0. The molecule has 27 heavy (non-hydrogen) atoms. The number of rotatable bonds is 1. The van der Waals surface area contributed by atoms with E-state index in [0.717, 1.165) is 37.1 Å². The highest BCUT2D eigenvalue weighted by molar-refractivity contribution is 6.30. The molecule has 0 N–H and O–H groups in total. The molecule has 0 saturated carbocycles. The van der Waals surface area contributed by atoms with Gasteiger partial charge in [-0.25, -0.2) is 4.79 Å². The number of anilines is 1. The van der Waals surface area contributed by atoms with Gasteiger partial charge in [0.15, 0.2) is 0 Å². The molecule has 2 heterocycles. The molecule has 1 saturated heterocycles. The van der Waals surface area contributed by atoms with Crippen LogP contribution in [0.25, 0.3) is 0 Å². The molecule has 0 aromatic heterocycles. The van der Waals surface area contributed by atoms with Crippen LogP contribution in [0.5, 0.6) is 0 Å². The number of nitrogens with zero attached hydrogens (tertiary/aromatic N) is 2. The fourth-order valence-corrected chi connectivity index (χ4v) is 4.00. The minimum atomic E-state index is -0.499. The smallest absolute Gasteiger partial charge is 0.410 e. The van der Waals surface area contributed by atoms with Crippen molar-refractivity contribution in [3.63, 3.8) is 0 Å². The van der Waals surface area contributed by atoms with Crippen LogP contribution in [0.4, 0.5) is 10.5 Å². The number of hydrogen-bond acceptors (Lipinski definition) is 3. The first-order valence-electron chi connectivity index (χ1n) is 9.82. The van der Waals surface area contributed by atoms with E-state index in [1.165, 1.54) is 0 Å². The van der Waals surface area contributed by atoms with Crippen LogP contribution in [-0.4, -0.2) is 42.1 Å². The lowest BCUT2D eigenvalue weighted by Gasteiger charge is -2.35. The molecule has 1 fully saturated rings. The second-order valence-corrected chi connectivity index (χ2v) is 8.90. The molecule has 2 aliphatic rings. The van der Waals surface area contributed by atoms with Gasteiger partial charge in [-0.2, -0.15) is 0 Å². The highest BCUT2D eigenvalue weighted by Gasteiger charge is 2.33. The van der Waals surface area contributed by atoms with E-state index in [0.29, 0.717) is 31.0 Å². The SMILES string of the molecule is CC(C)(C)OC(=O)N1CCC(C(=O)N2CCCCc3cc(Cl)ccc32)CC1. The Morgan fingerprint density at radius 2 is 1.81 bits per heavy atom. The minimum absolute atomic E-state index is 0.0506. The third-order valence-corrected chi connectivity index (χ3v) is 5.41. The molecule has 6 heteroatoms. The average molecular weight is 393 g/mol. The molecule has 0 bridgehead atoms. The molecule has 5 nitrogen and oxygen atoms in total. The van der Waals surface area contributed by atoms with Crippen LogP contribution in [0.15, 0.2) is 18.2 Å². The summed E-state index contributed by atoms with van der Waals surface area (Å²) in [5.41, 5.74) is 1.65. The Balaban J connectivity index is 1.65. The van der Waals surface area contributed by atoms with E-state index < -0.39 is 5.60 Å². The van der Waals surface area contributed by atoms with Gasteiger partial charge in [-0.15, -0.1) is 0 Å². The summed E-state index contributed by atoms with van der Waals surface area (Å²) in [6.07, 6.45) is 4.08. The van der Waals surface area contributed by atoms with Crippen LogP contribution in [0.1, 0.15) is 52.0 Å². The molecule has 1 aromatic rings. The number of carbonyl (C=O) groups is 2. The van der Waals surface area contributed by atoms with Crippen LogP contribution in [0.2, 0.25) is 5.02 Å². The number of hydrogen-bond donors (Lipinski definition) is 0. The predicted molar refractivity (Wildman–Crippen MR) is 107 cm³/mol. The molecule has 148 valence electrons. The second kappa shape index (κ2) is 8.09. The summed E-state index contributed by atoms with van der Waals surface area (Å²) < 4.78 is 5.44. The van der Waals surface area contributed by atoms with Gasteiger partial charge in [0.25, 0.3) is 0 Å². The maximum Gasteiger partial charge on any atom is 0.410 e. The van der Waals surface area contributed by atoms with Crippen molar-refractivity contribution in [2.45, 2.75) is 58.5 Å². The van der Waals surface area contributed by atoms with E-state index in [1.807, 2.05) is 43.9 Å². The van der Waals surface area contributed by atoms with Crippen LogP contribution in [0, 0.1) is 5.92 Å². The van der Waals surface area contributed by atoms with E-state index in [9.17, 15) is 9.59 Å². The lowest BCUT2D eigenvalue weighted by Crippen LogP contribution is -2.46. The molecule has 0 aliphatic carbocycles. The molecule has 2 aliphatic heterocycles. The normalized spacial score (nSPS) is 18.7. The van der Waals surface area contributed by atoms with Crippen LogP contribution >= 0.6 is 11.6 Å². The van der Waals surface area contributed by atoms with Gasteiger partial charge in [-0.3, -0.25) is 4.79 Å². The molecular formula is C21H29ClN2O3. The summed E-state index contributed by atoms with van der Waals surface area (Å²) in [4.78, 5) is 29.1. The van der Waals surface area contributed by atoms with Gasteiger partial charge in [0, 0.05) is 36.3 Å². The standard InChI is InChI=1S/C21H29ClN2O3/c1-21(2,3)27-20(26)23-12-9-15(10-13-23)19(25)24-11-5-4-6-16-14-17(22)7-8-18(16)24/h7-8,14-15H,4-6,9-13H2,1-3H3. The van der Waals surface area contributed by atoms with E-state index in [2.05, 4.69) is 0 Å². The molecule has 0 unspecified atom stereocenters.